The second-order valence-electron chi connectivity index (χ2n) is 4.99. The van der Waals surface area contributed by atoms with Crippen molar-refractivity contribution >= 4 is 21.7 Å². The molecule has 22 heavy (non-hydrogen) atoms. The van der Waals surface area contributed by atoms with Crippen LogP contribution in [0.1, 0.15) is 10.6 Å². The first-order valence-corrected chi connectivity index (χ1v) is 8.67. The van der Waals surface area contributed by atoms with Crippen LogP contribution in [0, 0.1) is 0 Å². The first-order chi connectivity index (χ1) is 10.4. The molecule has 2 heterocycles. The number of hydrogen-bond acceptors (Lipinski definition) is 5. The zero-order chi connectivity index (χ0) is 16.2. The van der Waals surface area contributed by atoms with Crippen LogP contribution in [0.5, 0.6) is 0 Å². The number of furan rings is 1. The Morgan fingerprint density at radius 1 is 1.23 bits per heavy atom. The summed E-state index contributed by atoms with van der Waals surface area (Å²) < 4.78 is 28.3. The van der Waals surface area contributed by atoms with Gasteiger partial charge in [-0.05, 0) is 12.1 Å². The summed E-state index contributed by atoms with van der Waals surface area (Å²) in [7, 11) is -3.45. The van der Waals surface area contributed by atoms with Gasteiger partial charge in [0.1, 0.15) is 5.75 Å². The lowest BCUT2D eigenvalue weighted by molar-refractivity contribution is -0.129. The molecule has 0 spiro atoms. The highest BCUT2D eigenvalue weighted by molar-refractivity contribution is 7.92. The second-order valence-corrected chi connectivity index (χ2v) is 7.10. The van der Waals surface area contributed by atoms with Gasteiger partial charge in [-0.2, -0.15) is 0 Å². The molecule has 0 radical (unpaired) electrons. The Morgan fingerprint density at radius 3 is 2.41 bits per heavy atom. The van der Waals surface area contributed by atoms with Crippen LogP contribution in [0.4, 0.5) is 0 Å². The molecule has 1 saturated heterocycles. The Kier molecular flexibility index (Phi) is 5.02. The quantitative estimate of drug-likeness (QED) is 0.720. The lowest BCUT2D eigenvalue weighted by Gasteiger charge is -2.34. The minimum Gasteiger partial charge on any atom is -0.459 e. The van der Waals surface area contributed by atoms with Gasteiger partial charge >= 0.3 is 0 Å². The molecule has 1 fully saturated rings. The van der Waals surface area contributed by atoms with Crippen molar-refractivity contribution in [3.8, 4) is 0 Å². The van der Waals surface area contributed by atoms with Crippen molar-refractivity contribution in [3.63, 3.8) is 0 Å². The molecule has 0 bridgehead atoms. The molecule has 0 aliphatic carbocycles. The van der Waals surface area contributed by atoms with Crippen molar-refractivity contribution in [3.05, 3.63) is 36.8 Å². The van der Waals surface area contributed by atoms with Gasteiger partial charge in [0.25, 0.3) is 5.91 Å². The molecule has 8 heteroatoms. The number of hydrogen-bond donors (Lipinski definition) is 0. The van der Waals surface area contributed by atoms with E-state index in [9.17, 15) is 18.0 Å². The van der Waals surface area contributed by atoms with Crippen LogP contribution in [0.25, 0.3) is 0 Å². The highest BCUT2D eigenvalue weighted by Crippen LogP contribution is 2.10. The molecular weight excluding hydrogens is 308 g/mol. The molecule has 0 N–H and O–H groups in total. The molecule has 2 amide bonds. The molecule has 0 aromatic carbocycles. The molecule has 2 rings (SSSR count). The van der Waals surface area contributed by atoms with Gasteiger partial charge in [-0.1, -0.05) is 6.08 Å². The Morgan fingerprint density at radius 2 is 1.86 bits per heavy atom. The van der Waals surface area contributed by atoms with E-state index in [1.54, 1.807) is 17.0 Å². The minimum atomic E-state index is -3.45. The maximum Gasteiger partial charge on any atom is 0.289 e. The lowest BCUT2D eigenvalue weighted by Crippen LogP contribution is -2.51. The molecule has 0 unspecified atom stereocenters. The van der Waals surface area contributed by atoms with E-state index in [2.05, 4.69) is 6.58 Å². The van der Waals surface area contributed by atoms with Crippen LogP contribution in [-0.2, 0) is 14.6 Å². The van der Waals surface area contributed by atoms with Crippen molar-refractivity contribution in [2.24, 2.45) is 0 Å². The fourth-order valence-corrected chi connectivity index (χ4v) is 3.27. The Bertz CT molecular complexity index is 643. The molecule has 7 nitrogen and oxygen atoms in total. The summed E-state index contributed by atoms with van der Waals surface area (Å²) in [6.45, 7) is 4.70. The Labute approximate surface area is 129 Å². The monoisotopic (exact) mass is 326 g/mol. The average molecular weight is 326 g/mol. The topological polar surface area (TPSA) is 87.9 Å². The van der Waals surface area contributed by atoms with Crippen LogP contribution >= 0.6 is 0 Å². The van der Waals surface area contributed by atoms with Crippen LogP contribution in [-0.4, -0.2) is 67.7 Å². The number of carbonyl (C=O) groups excluding carboxylic acids is 2. The number of carbonyl (C=O) groups is 2. The van der Waals surface area contributed by atoms with E-state index in [1.165, 1.54) is 17.2 Å². The third-order valence-corrected chi connectivity index (χ3v) is 4.80. The zero-order valence-electron chi connectivity index (χ0n) is 12.1. The van der Waals surface area contributed by atoms with Gasteiger partial charge in [0.2, 0.25) is 5.91 Å². The molecule has 1 aromatic rings. The van der Waals surface area contributed by atoms with Crippen molar-refractivity contribution in [1.82, 2.24) is 9.80 Å². The van der Waals surface area contributed by atoms with E-state index >= 15 is 0 Å². The fourth-order valence-electron chi connectivity index (χ4n) is 2.23. The summed E-state index contributed by atoms with van der Waals surface area (Å²) >= 11 is 0. The van der Waals surface area contributed by atoms with Gasteiger partial charge in [-0.3, -0.25) is 9.59 Å². The molecular formula is C14H18N2O5S. The Hall–Kier alpha value is -2.09. The van der Waals surface area contributed by atoms with Gasteiger partial charge < -0.3 is 14.2 Å². The summed E-state index contributed by atoms with van der Waals surface area (Å²) in [5.74, 6) is -1.14. The summed E-state index contributed by atoms with van der Waals surface area (Å²) in [4.78, 5) is 27.1. The van der Waals surface area contributed by atoms with E-state index in [-0.39, 0.29) is 17.4 Å². The summed E-state index contributed by atoms with van der Waals surface area (Å²) in [6.07, 6.45) is 2.69. The predicted molar refractivity (Wildman–Crippen MR) is 80.0 cm³/mol. The van der Waals surface area contributed by atoms with Crippen LogP contribution in [0.2, 0.25) is 0 Å². The van der Waals surface area contributed by atoms with E-state index in [1.807, 2.05) is 0 Å². The smallest absolute Gasteiger partial charge is 0.289 e. The number of amides is 2. The largest absolute Gasteiger partial charge is 0.459 e. The first-order valence-electron chi connectivity index (χ1n) is 6.85. The molecule has 1 aliphatic heterocycles. The molecule has 1 aliphatic rings. The van der Waals surface area contributed by atoms with Gasteiger partial charge in [0.15, 0.2) is 15.6 Å². The molecule has 0 saturated carbocycles. The predicted octanol–water partition coefficient (Wildman–Crippen LogP) is 0.165. The number of piperazine rings is 1. The van der Waals surface area contributed by atoms with E-state index < -0.39 is 21.5 Å². The third-order valence-electron chi connectivity index (χ3n) is 3.37. The average Bonchev–Trinajstić information content (AvgIpc) is 3.00. The number of sulfone groups is 1. The third kappa shape index (κ3) is 3.97. The first kappa shape index (κ1) is 16.3. The van der Waals surface area contributed by atoms with Gasteiger partial charge in [0.05, 0.1) is 12.0 Å². The van der Waals surface area contributed by atoms with Crippen LogP contribution in [0.3, 0.4) is 0 Å². The van der Waals surface area contributed by atoms with Crippen LogP contribution < -0.4 is 0 Å². The van der Waals surface area contributed by atoms with Gasteiger partial charge in [0, 0.05) is 26.2 Å². The maximum atomic E-state index is 12.1. The normalized spacial score (nSPS) is 15.6. The van der Waals surface area contributed by atoms with Gasteiger partial charge in [-0.25, -0.2) is 8.42 Å². The number of nitrogens with zero attached hydrogens (tertiary/aromatic N) is 2. The van der Waals surface area contributed by atoms with Crippen molar-refractivity contribution in [2.45, 2.75) is 0 Å². The number of rotatable bonds is 5. The molecule has 0 atom stereocenters. The maximum absolute atomic E-state index is 12.1. The van der Waals surface area contributed by atoms with Crippen molar-refractivity contribution in [2.75, 3.05) is 37.7 Å². The summed E-state index contributed by atoms with van der Waals surface area (Å²) in [6, 6.07) is 3.22. The van der Waals surface area contributed by atoms with Crippen molar-refractivity contribution in [1.29, 1.82) is 0 Å². The standard InChI is InChI=1S/C14H18N2O5S/c1-2-10-22(19,20)11-13(17)15-5-7-16(8-6-15)14(18)12-4-3-9-21-12/h2-4,9H,1,5-8,10-11H2. The SMILES string of the molecule is C=CCS(=O)(=O)CC(=O)N1CCN(C(=O)c2ccco2)CC1. The molecule has 1 aromatic heterocycles. The van der Waals surface area contributed by atoms with Gasteiger partial charge in [-0.15, -0.1) is 6.58 Å². The summed E-state index contributed by atoms with van der Waals surface area (Å²) in [5, 5.41) is 0. The zero-order valence-corrected chi connectivity index (χ0v) is 12.9. The van der Waals surface area contributed by atoms with E-state index in [0.29, 0.717) is 26.2 Å². The fraction of sp³-hybridized carbons (Fsp3) is 0.429. The highest BCUT2D eigenvalue weighted by atomic mass is 32.2. The summed E-state index contributed by atoms with van der Waals surface area (Å²) in [5.41, 5.74) is 0. The Balaban J connectivity index is 1.88. The second kappa shape index (κ2) is 6.78. The lowest BCUT2D eigenvalue weighted by atomic mass is 10.3. The highest BCUT2D eigenvalue weighted by Gasteiger charge is 2.27. The molecule has 120 valence electrons. The minimum absolute atomic E-state index is 0.213. The van der Waals surface area contributed by atoms with Crippen LogP contribution in [0.15, 0.2) is 35.5 Å². The van der Waals surface area contributed by atoms with E-state index in [0.717, 1.165) is 0 Å². The van der Waals surface area contributed by atoms with E-state index in [4.69, 9.17) is 4.42 Å². The van der Waals surface area contributed by atoms with Crippen molar-refractivity contribution < 1.29 is 22.4 Å².